The SMILES string of the molecule is O=C(C[NH+]1CCC(C(=O)Nc2ccc3c(c2)OCO3)CC1)NCC(F)(F)F. The minimum Gasteiger partial charge on any atom is -0.454 e. The van der Waals surface area contributed by atoms with Crippen LogP contribution < -0.4 is 25.0 Å². The maximum absolute atomic E-state index is 12.4. The zero-order valence-corrected chi connectivity index (χ0v) is 14.5. The lowest BCUT2D eigenvalue weighted by Crippen LogP contribution is -3.14. The normalized spacial score (nSPS) is 21.6. The maximum atomic E-state index is 12.4. The van der Waals surface area contributed by atoms with Gasteiger partial charge in [0, 0.05) is 30.5 Å². The summed E-state index contributed by atoms with van der Waals surface area (Å²) in [5, 5.41) is 4.72. The highest BCUT2D eigenvalue weighted by molar-refractivity contribution is 5.93. The van der Waals surface area contributed by atoms with E-state index in [2.05, 4.69) is 5.32 Å². The molecule has 0 bridgehead atoms. The lowest BCUT2D eigenvalue weighted by molar-refractivity contribution is -0.897. The van der Waals surface area contributed by atoms with Crippen LogP contribution in [0.15, 0.2) is 18.2 Å². The lowest BCUT2D eigenvalue weighted by Gasteiger charge is -2.28. The van der Waals surface area contributed by atoms with Gasteiger partial charge in [0.15, 0.2) is 18.0 Å². The molecule has 27 heavy (non-hydrogen) atoms. The zero-order chi connectivity index (χ0) is 19.4. The molecule has 0 saturated carbocycles. The van der Waals surface area contributed by atoms with Gasteiger partial charge in [-0.15, -0.1) is 0 Å². The van der Waals surface area contributed by atoms with E-state index >= 15 is 0 Å². The Balaban J connectivity index is 1.42. The second kappa shape index (κ2) is 8.03. The second-order valence-corrected chi connectivity index (χ2v) is 6.65. The molecule has 2 heterocycles. The average molecular weight is 388 g/mol. The molecule has 0 radical (unpaired) electrons. The number of amides is 2. The molecular weight excluding hydrogens is 367 g/mol. The number of benzene rings is 1. The highest BCUT2D eigenvalue weighted by Gasteiger charge is 2.31. The summed E-state index contributed by atoms with van der Waals surface area (Å²) in [5.74, 6) is 0.267. The number of rotatable bonds is 5. The third-order valence-corrected chi connectivity index (χ3v) is 4.60. The van der Waals surface area contributed by atoms with Crippen molar-refractivity contribution in [3.8, 4) is 11.5 Å². The summed E-state index contributed by atoms with van der Waals surface area (Å²) in [6.45, 7) is -0.0753. The van der Waals surface area contributed by atoms with Crippen molar-refractivity contribution in [1.82, 2.24) is 5.32 Å². The largest absolute Gasteiger partial charge is 0.454 e. The molecule has 1 aromatic carbocycles. The third-order valence-electron chi connectivity index (χ3n) is 4.60. The number of halogens is 3. The summed E-state index contributed by atoms with van der Waals surface area (Å²) in [4.78, 5) is 24.9. The molecule has 0 atom stereocenters. The quantitative estimate of drug-likeness (QED) is 0.679. The van der Waals surface area contributed by atoms with Crippen LogP contribution in [0.2, 0.25) is 0 Å². The van der Waals surface area contributed by atoms with E-state index < -0.39 is 18.6 Å². The number of fused-ring (bicyclic) bond motifs is 1. The molecule has 7 nitrogen and oxygen atoms in total. The molecule has 2 aliphatic heterocycles. The Kier molecular flexibility index (Phi) is 5.73. The Morgan fingerprint density at radius 3 is 2.56 bits per heavy atom. The molecule has 1 aromatic rings. The van der Waals surface area contributed by atoms with Crippen molar-refractivity contribution in [2.45, 2.75) is 19.0 Å². The van der Waals surface area contributed by atoms with Crippen molar-refractivity contribution in [3.05, 3.63) is 18.2 Å². The Morgan fingerprint density at radius 2 is 1.85 bits per heavy atom. The van der Waals surface area contributed by atoms with Crippen LogP contribution in [0.3, 0.4) is 0 Å². The van der Waals surface area contributed by atoms with Gasteiger partial charge in [-0.05, 0) is 12.1 Å². The average Bonchev–Trinajstić information content (AvgIpc) is 3.08. The van der Waals surface area contributed by atoms with Gasteiger partial charge in [0.1, 0.15) is 6.54 Å². The van der Waals surface area contributed by atoms with Crippen LogP contribution in [0, 0.1) is 5.92 Å². The summed E-state index contributed by atoms with van der Waals surface area (Å²) in [6, 6.07) is 5.16. The summed E-state index contributed by atoms with van der Waals surface area (Å²) in [7, 11) is 0. The van der Waals surface area contributed by atoms with Crippen molar-refractivity contribution < 1.29 is 37.1 Å². The number of carbonyl (C=O) groups excluding carboxylic acids is 2. The Bertz CT molecular complexity index is 703. The van der Waals surface area contributed by atoms with E-state index in [-0.39, 0.29) is 25.2 Å². The van der Waals surface area contributed by atoms with Crippen molar-refractivity contribution in [1.29, 1.82) is 0 Å². The van der Waals surface area contributed by atoms with E-state index in [0.29, 0.717) is 43.1 Å². The Hall–Kier alpha value is -2.49. The lowest BCUT2D eigenvalue weighted by atomic mass is 9.96. The van der Waals surface area contributed by atoms with Crippen LogP contribution in [0.25, 0.3) is 0 Å². The fourth-order valence-corrected chi connectivity index (χ4v) is 3.17. The zero-order valence-electron chi connectivity index (χ0n) is 14.5. The van der Waals surface area contributed by atoms with Gasteiger partial charge in [-0.3, -0.25) is 9.59 Å². The fourth-order valence-electron chi connectivity index (χ4n) is 3.17. The first-order valence-corrected chi connectivity index (χ1v) is 8.68. The number of quaternary nitrogens is 1. The first-order valence-electron chi connectivity index (χ1n) is 8.68. The van der Waals surface area contributed by atoms with Crippen molar-refractivity contribution in [2.24, 2.45) is 5.92 Å². The van der Waals surface area contributed by atoms with Crippen LogP contribution in [-0.2, 0) is 9.59 Å². The molecule has 2 aliphatic rings. The van der Waals surface area contributed by atoms with Crippen molar-refractivity contribution in [3.63, 3.8) is 0 Å². The van der Waals surface area contributed by atoms with Gasteiger partial charge in [0.05, 0.1) is 13.1 Å². The molecule has 1 fully saturated rings. The predicted octanol–water partition coefficient (Wildman–Crippen LogP) is 0.327. The fraction of sp³-hybridized carbons (Fsp3) is 0.529. The Labute approximate surface area is 153 Å². The number of nitrogens with one attached hydrogen (secondary N) is 3. The van der Waals surface area contributed by atoms with Gasteiger partial charge in [-0.1, -0.05) is 0 Å². The number of carbonyl (C=O) groups is 2. The van der Waals surface area contributed by atoms with Gasteiger partial charge in [0.25, 0.3) is 5.91 Å². The van der Waals surface area contributed by atoms with Crippen LogP contribution >= 0.6 is 0 Å². The monoisotopic (exact) mass is 388 g/mol. The maximum Gasteiger partial charge on any atom is 0.405 e. The molecule has 148 valence electrons. The van der Waals surface area contributed by atoms with Crippen molar-refractivity contribution in [2.75, 3.05) is 38.3 Å². The van der Waals surface area contributed by atoms with Crippen LogP contribution in [0.1, 0.15) is 12.8 Å². The van der Waals surface area contributed by atoms with Crippen molar-refractivity contribution >= 4 is 17.5 Å². The molecule has 10 heteroatoms. The number of alkyl halides is 3. The Morgan fingerprint density at radius 1 is 1.15 bits per heavy atom. The molecule has 3 N–H and O–H groups in total. The van der Waals surface area contributed by atoms with E-state index in [1.54, 1.807) is 18.2 Å². The minimum absolute atomic E-state index is 0.0212. The molecule has 0 aromatic heterocycles. The molecule has 2 amide bonds. The number of piperidine rings is 1. The van der Waals surface area contributed by atoms with E-state index in [1.165, 1.54) is 0 Å². The predicted molar refractivity (Wildman–Crippen MR) is 88.5 cm³/mol. The topological polar surface area (TPSA) is 81.1 Å². The van der Waals surface area contributed by atoms with Gasteiger partial charge in [-0.2, -0.15) is 13.2 Å². The molecule has 0 spiro atoms. The summed E-state index contributed by atoms with van der Waals surface area (Å²) in [5.41, 5.74) is 0.616. The molecule has 1 saturated heterocycles. The highest BCUT2D eigenvalue weighted by Crippen LogP contribution is 2.34. The first kappa shape index (κ1) is 19.3. The van der Waals surface area contributed by atoms with E-state index in [9.17, 15) is 22.8 Å². The van der Waals surface area contributed by atoms with Crippen LogP contribution in [0.4, 0.5) is 18.9 Å². The number of anilines is 1. The van der Waals surface area contributed by atoms with Crippen LogP contribution in [0.5, 0.6) is 11.5 Å². The molecule has 0 unspecified atom stereocenters. The summed E-state index contributed by atoms with van der Waals surface area (Å²) in [6.07, 6.45) is -3.28. The highest BCUT2D eigenvalue weighted by atomic mass is 19.4. The summed E-state index contributed by atoms with van der Waals surface area (Å²) >= 11 is 0. The third kappa shape index (κ3) is 5.49. The summed E-state index contributed by atoms with van der Waals surface area (Å²) < 4.78 is 46.8. The van der Waals surface area contributed by atoms with E-state index in [4.69, 9.17) is 9.47 Å². The first-order chi connectivity index (χ1) is 12.8. The van der Waals surface area contributed by atoms with E-state index in [1.807, 2.05) is 5.32 Å². The second-order valence-electron chi connectivity index (χ2n) is 6.65. The standard InChI is InChI=1S/C17H20F3N3O4/c18-17(19,20)9-21-15(24)8-23-5-3-11(4-6-23)16(25)22-12-1-2-13-14(7-12)27-10-26-13/h1-2,7,11H,3-6,8-10H2,(H,21,24)(H,22,25)/p+1. The smallest absolute Gasteiger partial charge is 0.405 e. The molecular formula is C17H21F3N3O4+. The van der Waals surface area contributed by atoms with Gasteiger partial charge < -0.3 is 25.0 Å². The minimum atomic E-state index is -4.41. The number of hydrogen-bond donors (Lipinski definition) is 3. The van der Waals surface area contributed by atoms with Gasteiger partial charge in [0.2, 0.25) is 12.7 Å². The van der Waals surface area contributed by atoms with Gasteiger partial charge in [-0.25, -0.2) is 0 Å². The van der Waals surface area contributed by atoms with E-state index in [0.717, 1.165) is 4.90 Å². The van der Waals surface area contributed by atoms with Crippen LogP contribution in [-0.4, -0.2) is 51.0 Å². The number of hydrogen-bond acceptors (Lipinski definition) is 4. The number of ether oxygens (including phenoxy) is 2. The molecule has 0 aliphatic carbocycles. The van der Waals surface area contributed by atoms with Gasteiger partial charge >= 0.3 is 6.18 Å². The molecule has 3 rings (SSSR count). The number of likely N-dealkylation sites (tertiary alicyclic amines) is 1.